The third-order valence-corrected chi connectivity index (χ3v) is 5.95. The average Bonchev–Trinajstić information content (AvgIpc) is 3.50. The second-order valence-electron chi connectivity index (χ2n) is 8.53. The van der Waals surface area contributed by atoms with Gasteiger partial charge in [-0.05, 0) is 37.3 Å². The third kappa shape index (κ3) is 3.86. The van der Waals surface area contributed by atoms with E-state index >= 15 is 0 Å². The maximum absolute atomic E-state index is 12.7. The van der Waals surface area contributed by atoms with Crippen LogP contribution in [-0.2, 0) is 16.1 Å². The highest BCUT2D eigenvalue weighted by Gasteiger charge is 2.36. The van der Waals surface area contributed by atoms with Crippen molar-refractivity contribution in [2.24, 2.45) is 0 Å². The van der Waals surface area contributed by atoms with Gasteiger partial charge < -0.3 is 9.30 Å². The van der Waals surface area contributed by atoms with Crippen LogP contribution < -0.4 is 15.1 Å². The van der Waals surface area contributed by atoms with Crippen molar-refractivity contribution in [1.82, 2.24) is 24.3 Å². The van der Waals surface area contributed by atoms with Crippen LogP contribution in [0.5, 0.6) is 0 Å². The summed E-state index contributed by atoms with van der Waals surface area (Å²) in [6, 6.07) is 3.47. The van der Waals surface area contributed by atoms with Crippen molar-refractivity contribution in [3.63, 3.8) is 0 Å². The molecular weight excluding hydrogens is 424 g/mol. The fourth-order valence-electron chi connectivity index (χ4n) is 4.04. The summed E-state index contributed by atoms with van der Waals surface area (Å²) in [5.74, 6) is 1.12. The van der Waals surface area contributed by atoms with Crippen molar-refractivity contribution in [2.75, 3.05) is 35.8 Å². The van der Waals surface area contributed by atoms with Gasteiger partial charge in [-0.3, -0.25) is 24.7 Å². The van der Waals surface area contributed by atoms with Crippen LogP contribution in [0.2, 0.25) is 0 Å². The molecule has 2 fully saturated rings. The van der Waals surface area contributed by atoms with Crippen molar-refractivity contribution >= 4 is 41.4 Å². The molecule has 5 rings (SSSR count). The first-order valence-corrected chi connectivity index (χ1v) is 10.7. The first-order chi connectivity index (χ1) is 15.8. The van der Waals surface area contributed by atoms with E-state index in [-0.39, 0.29) is 24.4 Å². The van der Waals surface area contributed by atoms with Crippen LogP contribution in [0.3, 0.4) is 0 Å². The number of hydrogen-bond donors (Lipinski definition) is 1. The number of urea groups is 1. The number of aryl methyl sites for hydroxylation is 1. The second kappa shape index (κ2) is 7.84. The Balaban J connectivity index is 1.50. The van der Waals surface area contributed by atoms with Gasteiger partial charge >= 0.3 is 6.03 Å². The number of nitrogens with one attached hydrogen (secondary N) is 1. The SMILES string of the molecule is Cc1cc(N(C)Cc2cn3cc(C4CC4)cc(N4CC(=O)N(C)C4=O)c3n2)nc(NC=O)n1. The minimum atomic E-state index is -0.344. The van der Waals surface area contributed by atoms with Gasteiger partial charge in [0.2, 0.25) is 18.3 Å². The fraction of sp³-hybridized carbons (Fsp3) is 0.364. The number of hydrogen-bond acceptors (Lipinski definition) is 7. The molecule has 0 unspecified atom stereocenters. The number of imide groups is 1. The standard InChI is InChI=1S/C22H24N8O3/c1-13-6-18(26-21(24-13)23-12-31)27(2)9-16-10-29-8-15(14-4-5-14)7-17(20(29)25-16)30-11-19(32)28(3)22(30)33/h6-8,10,12,14H,4-5,9,11H2,1-3H3,(H,23,24,26,31). The summed E-state index contributed by atoms with van der Waals surface area (Å²) in [5.41, 5.74) is 3.91. The Kier molecular flexibility index (Phi) is 4.95. The maximum atomic E-state index is 12.7. The number of amides is 4. The van der Waals surface area contributed by atoms with Gasteiger partial charge in [0.05, 0.1) is 17.9 Å². The zero-order valence-electron chi connectivity index (χ0n) is 18.6. The molecule has 11 heteroatoms. The molecule has 3 aromatic rings. The van der Waals surface area contributed by atoms with Gasteiger partial charge in [0, 0.05) is 38.2 Å². The van der Waals surface area contributed by atoms with Crippen LogP contribution in [0.25, 0.3) is 5.65 Å². The van der Waals surface area contributed by atoms with E-state index in [1.165, 1.54) is 11.9 Å². The van der Waals surface area contributed by atoms with E-state index in [9.17, 15) is 14.4 Å². The molecular formula is C22H24N8O3. The molecule has 1 saturated carbocycles. The average molecular weight is 448 g/mol. The van der Waals surface area contributed by atoms with Gasteiger partial charge in [-0.2, -0.15) is 4.98 Å². The van der Waals surface area contributed by atoms with E-state index in [2.05, 4.69) is 21.5 Å². The number of carbonyl (C=O) groups is 3. The van der Waals surface area contributed by atoms with Gasteiger partial charge in [0.25, 0.3) is 0 Å². The summed E-state index contributed by atoms with van der Waals surface area (Å²) >= 11 is 0. The quantitative estimate of drug-likeness (QED) is 0.434. The predicted molar refractivity (Wildman–Crippen MR) is 121 cm³/mol. The van der Waals surface area contributed by atoms with Gasteiger partial charge in [-0.1, -0.05) is 0 Å². The van der Waals surface area contributed by atoms with E-state index in [1.807, 2.05) is 41.6 Å². The molecule has 1 saturated heterocycles. The highest BCUT2D eigenvalue weighted by molar-refractivity contribution is 6.13. The lowest BCUT2D eigenvalue weighted by molar-refractivity contribution is -0.123. The molecule has 170 valence electrons. The number of nitrogens with zero attached hydrogens (tertiary/aromatic N) is 7. The molecule has 3 aromatic heterocycles. The van der Waals surface area contributed by atoms with E-state index < -0.39 is 0 Å². The van der Waals surface area contributed by atoms with Crippen LogP contribution in [0.1, 0.15) is 35.7 Å². The summed E-state index contributed by atoms with van der Waals surface area (Å²) in [4.78, 5) is 53.5. The molecule has 33 heavy (non-hydrogen) atoms. The zero-order valence-corrected chi connectivity index (χ0v) is 18.6. The van der Waals surface area contributed by atoms with Crippen LogP contribution in [-0.4, -0.2) is 63.2 Å². The molecule has 4 amide bonds. The summed E-state index contributed by atoms with van der Waals surface area (Å²) in [6.45, 7) is 2.29. The first kappa shape index (κ1) is 20.9. The van der Waals surface area contributed by atoms with Crippen molar-refractivity contribution in [2.45, 2.75) is 32.2 Å². The number of likely N-dealkylation sites (N-methyl/N-ethyl adjacent to an activating group) is 1. The fourth-order valence-corrected chi connectivity index (χ4v) is 4.04. The molecule has 1 aliphatic heterocycles. The van der Waals surface area contributed by atoms with E-state index in [0.29, 0.717) is 36.0 Å². The molecule has 1 N–H and O–H groups in total. The number of carbonyl (C=O) groups excluding carboxylic acids is 3. The highest BCUT2D eigenvalue weighted by Crippen LogP contribution is 2.42. The molecule has 2 aliphatic rings. The minimum absolute atomic E-state index is 0.00787. The third-order valence-electron chi connectivity index (χ3n) is 5.95. The molecule has 1 aliphatic carbocycles. The maximum Gasteiger partial charge on any atom is 0.331 e. The highest BCUT2D eigenvalue weighted by atomic mass is 16.2. The normalized spacial score (nSPS) is 16.1. The molecule has 0 spiro atoms. The smallest absolute Gasteiger partial charge is 0.331 e. The van der Waals surface area contributed by atoms with Crippen LogP contribution in [0.4, 0.5) is 22.2 Å². The van der Waals surface area contributed by atoms with Gasteiger partial charge in [0.15, 0.2) is 5.65 Å². The predicted octanol–water partition coefficient (Wildman–Crippen LogP) is 1.91. The first-order valence-electron chi connectivity index (χ1n) is 10.7. The largest absolute Gasteiger partial charge is 0.354 e. The van der Waals surface area contributed by atoms with Crippen molar-refractivity contribution in [3.8, 4) is 0 Å². The summed E-state index contributed by atoms with van der Waals surface area (Å²) in [5, 5.41) is 2.48. The van der Waals surface area contributed by atoms with Crippen LogP contribution >= 0.6 is 0 Å². The molecule has 11 nitrogen and oxygen atoms in total. The zero-order chi connectivity index (χ0) is 23.3. The minimum Gasteiger partial charge on any atom is -0.354 e. The Labute approximate surface area is 190 Å². The second-order valence-corrected chi connectivity index (χ2v) is 8.53. The molecule has 0 bridgehead atoms. The molecule has 0 aromatic carbocycles. The van der Waals surface area contributed by atoms with Gasteiger partial charge in [-0.15, -0.1) is 0 Å². The van der Waals surface area contributed by atoms with Gasteiger partial charge in [-0.25, -0.2) is 14.8 Å². The van der Waals surface area contributed by atoms with E-state index in [0.717, 1.165) is 34.7 Å². The van der Waals surface area contributed by atoms with Crippen molar-refractivity contribution < 1.29 is 14.4 Å². The van der Waals surface area contributed by atoms with Gasteiger partial charge in [0.1, 0.15) is 12.4 Å². The van der Waals surface area contributed by atoms with E-state index in [1.54, 1.807) is 0 Å². The topological polar surface area (TPSA) is 116 Å². The molecule has 0 radical (unpaired) electrons. The lowest BCUT2D eigenvalue weighted by atomic mass is 10.1. The number of aromatic nitrogens is 4. The summed E-state index contributed by atoms with van der Waals surface area (Å²) in [7, 11) is 3.38. The van der Waals surface area contributed by atoms with Crippen molar-refractivity contribution in [3.05, 3.63) is 41.5 Å². The molecule has 4 heterocycles. The monoisotopic (exact) mass is 448 g/mol. The summed E-state index contributed by atoms with van der Waals surface area (Å²) < 4.78 is 1.94. The Morgan fingerprint density at radius 1 is 1.18 bits per heavy atom. The van der Waals surface area contributed by atoms with Crippen LogP contribution in [0.15, 0.2) is 24.5 Å². The van der Waals surface area contributed by atoms with Crippen molar-refractivity contribution in [1.29, 1.82) is 0 Å². The lowest BCUT2D eigenvalue weighted by Crippen LogP contribution is -2.30. The summed E-state index contributed by atoms with van der Waals surface area (Å²) in [6.07, 6.45) is 6.77. The van der Waals surface area contributed by atoms with E-state index in [4.69, 9.17) is 4.98 Å². The number of fused-ring (bicyclic) bond motifs is 1. The Hall–Kier alpha value is -4.02. The molecule has 0 atom stereocenters. The Morgan fingerprint density at radius 3 is 2.64 bits per heavy atom. The Bertz CT molecular complexity index is 1280. The van der Waals surface area contributed by atoms with Crippen LogP contribution in [0, 0.1) is 6.92 Å². The lowest BCUT2D eigenvalue weighted by Gasteiger charge is -2.18. The Morgan fingerprint density at radius 2 is 1.97 bits per heavy atom. The number of imidazole rings is 1. The number of pyridine rings is 1. The number of anilines is 3. The number of rotatable bonds is 7.